The Hall–Kier alpha value is -6.61. The number of piperazine rings is 1. The summed E-state index contributed by atoms with van der Waals surface area (Å²) in [4.78, 5) is 54.1. The summed E-state index contributed by atoms with van der Waals surface area (Å²) in [5, 5.41) is 18.1. The van der Waals surface area contributed by atoms with Crippen molar-refractivity contribution in [1.82, 2.24) is 30.7 Å². The molecule has 5 N–H and O–H groups in total. The Balaban J connectivity index is 0.793. The van der Waals surface area contributed by atoms with Crippen LogP contribution in [0.3, 0.4) is 0 Å². The van der Waals surface area contributed by atoms with Crippen LogP contribution >= 0.6 is 0 Å². The first-order chi connectivity index (χ1) is 29.4. The Bertz CT molecular complexity index is 2370. The van der Waals surface area contributed by atoms with Gasteiger partial charge in [0.2, 0.25) is 5.91 Å². The highest BCUT2D eigenvalue weighted by Gasteiger charge is 2.27. The minimum atomic E-state index is -0.444. The van der Waals surface area contributed by atoms with E-state index >= 15 is 0 Å². The van der Waals surface area contributed by atoms with Gasteiger partial charge in [0.15, 0.2) is 5.82 Å². The zero-order chi connectivity index (χ0) is 42.7. The summed E-state index contributed by atoms with van der Waals surface area (Å²) in [5.41, 5.74) is 13.4. The second-order valence-corrected chi connectivity index (χ2v) is 17.1. The first kappa shape index (κ1) is 41.1. The lowest BCUT2D eigenvalue weighted by atomic mass is 9.95. The molecule has 0 aliphatic carbocycles. The Morgan fingerprint density at radius 2 is 1.49 bits per heavy atom. The predicted molar refractivity (Wildman–Crippen MR) is 236 cm³/mol. The quantitative estimate of drug-likeness (QED) is 0.117. The molecule has 5 heterocycles. The molecular weight excluding hydrogens is 771 g/mol. The number of benzene rings is 3. The van der Waals surface area contributed by atoms with Crippen LogP contribution in [-0.4, -0.2) is 95.9 Å². The van der Waals surface area contributed by atoms with Crippen molar-refractivity contribution in [3.63, 3.8) is 0 Å². The van der Waals surface area contributed by atoms with Gasteiger partial charge >= 0.3 is 17.8 Å². The number of amides is 4. The van der Waals surface area contributed by atoms with Gasteiger partial charge in [-0.2, -0.15) is 4.98 Å². The predicted octanol–water partition coefficient (Wildman–Crippen LogP) is 5.84. The van der Waals surface area contributed by atoms with Crippen molar-refractivity contribution < 1.29 is 18.9 Å². The highest BCUT2D eigenvalue weighted by Crippen LogP contribution is 2.30. The summed E-state index contributed by atoms with van der Waals surface area (Å²) in [6.07, 6.45) is 4.37. The number of pyridine rings is 1. The zero-order valence-electron chi connectivity index (χ0n) is 35.0. The van der Waals surface area contributed by atoms with Gasteiger partial charge in [0.25, 0.3) is 0 Å². The summed E-state index contributed by atoms with van der Waals surface area (Å²) < 4.78 is 5.14. The molecule has 0 saturated carbocycles. The highest BCUT2D eigenvalue weighted by molar-refractivity contribution is 6.14. The van der Waals surface area contributed by atoms with Gasteiger partial charge in [-0.1, -0.05) is 62.3 Å². The van der Waals surface area contributed by atoms with Crippen molar-refractivity contribution in [2.75, 3.05) is 72.8 Å². The van der Waals surface area contributed by atoms with Gasteiger partial charge in [-0.15, -0.1) is 0 Å². The van der Waals surface area contributed by atoms with Crippen LogP contribution in [0, 0.1) is 11.3 Å². The van der Waals surface area contributed by atoms with E-state index < -0.39 is 5.91 Å². The average Bonchev–Trinajstić information content (AvgIpc) is 3.79. The molecule has 0 spiro atoms. The van der Waals surface area contributed by atoms with Crippen molar-refractivity contribution in [1.29, 1.82) is 5.41 Å². The Morgan fingerprint density at radius 1 is 0.852 bits per heavy atom. The number of nitrogens with two attached hydrogens (primary N) is 1. The van der Waals surface area contributed by atoms with Crippen molar-refractivity contribution in [3.05, 3.63) is 113 Å². The maximum atomic E-state index is 12.6. The number of piperidine rings is 1. The fraction of sp³-hybridized carbons (Fsp3) is 0.370. The molecule has 0 radical (unpaired) electrons. The number of carbonyl (C=O) groups is 3. The Morgan fingerprint density at radius 3 is 2.13 bits per heavy atom. The number of carbonyl (C=O) groups excluding carboxylic acids is 3. The van der Waals surface area contributed by atoms with Crippen LogP contribution in [0.2, 0.25) is 0 Å². The van der Waals surface area contributed by atoms with Gasteiger partial charge in [-0.05, 0) is 72.4 Å². The largest absolute Gasteiger partial charge is 0.383 e. The first-order valence-corrected chi connectivity index (χ1v) is 21.0. The SMILES string of the molecule is CC(C)(C)c1noc(C(=O)NCc2ccc(C(=N)c3cc(-c4ccc(N5CCN(CC6CCN(c7ccc(N8CCC(=O)NC8=O)cc7)CC6)CC5)cc4)cnc3N)cc2)n1. The van der Waals surface area contributed by atoms with Crippen LogP contribution in [0.4, 0.5) is 27.7 Å². The second-order valence-electron chi connectivity index (χ2n) is 17.1. The summed E-state index contributed by atoms with van der Waals surface area (Å²) >= 11 is 0. The number of urea groups is 1. The van der Waals surface area contributed by atoms with E-state index in [0.717, 1.165) is 81.0 Å². The Labute approximate surface area is 355 Å². The number of rotatable bonds is 11. The van der Waals surface area contributed by atoms with Gasteiger partial charge in [0.1, 0.15) is 5.82 Å². The summed E-state index contributed by atoms with van der Waals surface area (Å²) in [6, 6.07) is 25.6. The number of nitrogens with zero attached hydrogens (tertiary/aromatic N) is 7. The van der Waals surface area contributed by atoms with E-state index in [9.17, 15) is 14.4 Å². The van der Waals surface area contributed by atoms with E-state index in [2.05, 4.69) is 76.9 Å². The number of anilines is 4. The third-order valence-corrected chi connectivity index (χ3v) is 11.8. The number of hydrogen-bond donors (Lipinski definition) is 4. The molecule has 0 bridgehead atoms. The third-order valence-electron chi connectivity index (χ3n) is 11.8. The van der Waals surface area contributed by atoms with Gasteiger partial charge in [-0.25, -0.2) is 9.78 Å². The Kier molecular flexibility index (Phi) is 11.8. The van der Waals surface area contributed by atoms with Crippen LogP contribution in [0.1, 0.15) is 73.2 Å². The van der Waals surface area contributed by atoms with Crippen LogP contribution in [0.25, 0.3) is 11.1 Å². The van der Waals surface area contributed by atoms with E-state index in [1.807, 2.05) is 63.2 Å². The minimum absolute atomic E-state index is 0.0746. The fourth-order valence-electron chi connectivity index (χ4n) is 8.10. The van der Waals surface area contributed by atoms with Gasteiger partial charge in [0, 0.05) is 111 Å². The molecule has 8 rings (SSSR count). The molecule has 3 aromatic carbocycles. The molecule has 61 heavy (non-hydrogen) atoms. The lowest BCUT2D eigenvalue weighted by Gasteiger charge is -2.40. The molecule has 0 atom stereocenters. The molecule has 3 aliphatic rings. The molecule has 5 aromatic rings. The van der Waals surface area contributed by atoms with Crippen molar-refractivity contribution >= 4 is 46.4 Å². The lowest BCUT2D eigenvalue weighted by Crippen LogP contribution is -2.49. The van der Waals surface area contributed by atoms with Crippen LogP contribution < -0.4 is 31.1 Å². The zero-order valence-corrected chi connectivity index (χ0v) is 35.0. The number of nitrogen functional groups attached to an aromatic ring is 1. The van der Waals surface area contributed by atoms with Gasteiger partial charge in [-0.3, -0.25) is 30.1 Å². The van der Waals surface area contributed by atoms with Crippen molar-refractivity contribution in [2.24, 2.45) is 5.92 Å². The number of imide groups is 1. The number of hydrogen-bond acceptors (Lipinski definition) is 12. The molecule has 15 nitrogen and oxygen atoms in total. The molecule has 3 aliphatic heterocycles. The van der Waals surface area contributed by atoms with Crippen LogP contribution in [-0.2, 0) is 16.8 Å². The molecule has 2 aromatic heterocycles. The topological polar surface area (TPSA) is 190 Å². The maximum Gasteiger partial charge on any atom is 0.328 e. The second kappa shape index (κ2) is 17.5. The monoisotopic (exact) mass is 823 g/mol. The van der Waals surface area contributed by atoms with Crippen LogP contribution in [0.5, 0.6) is 0 Å². The molecule has 0 unspecified atom stereocenters. The van der Waals surface area contributed by atoms with E-state index in [1.54, 1.807) is 11.1 Å². The normalized spacial score (nSPS) is 16.7. The third kappa shape index (κ3) is 9.57. The van der Waals surface area contributed by atoms with Gasteiger partial charge in [0.05, 0.1) is 5.71 Å². The number of nitrogens with one attached hydrogen (secondary N) is 3. The summed E-state index contributed by atoms with van der Waals surface area (Å²) in [6.45, 7) is 13.7. The molecule has 4 amide bonds. The molecule has 3 fully saturated rings. The minimum Gasteiger partial charge on any atom is -0.383 e. The van der Waals surface area contributed by atoms with E-state index in [-0.39, 0.29) is 41.3 Å². The number of aromatic nitrogens is 3. The summed E-state index contributed by atoms with van der Waals surface area (Å²) in [5.74, 6) is 0.684. The van der Waals surface area contributed by atoms with Crippen molar-refractivity contribution in [3.8, 4) is 11.1 Å². The smallest absolute Gasteiger partial charge is 0.328 e. The fourth-order valence-corrected chi connectivity index (χ4v) is 8.10. The first-order valence-electron chi connectivity index (χ1n) is 21.0. The van der Waals surface area contributed by atoms with E-state index in [4.69, 9.17) is 15.7 Å². The standard InChI is InChI=1S/C46H53N11O4/c1-46(2,3)44-52-43(61-53-44)42(59)50-27-30-4-6-33(7-5-30)40(47)38-26-34(28-49-41(38)48)32-8-10-35(11-9-32)56-24-22-54(23-25-56)29-31-16-19-55(20-17-31)36-12-14-37(15-13-36)57-21-18-39(58)51-45(57)60/h4-15,26,28,31,47H,16-25,27,29H2,1-3H3,(H2,48,49)(H,50,59)(H,51,58,60). The molecule has 316 valence electrons. The lowest BCUT2D eigenvalue weighted by molar-refractivity contribution is -0.120. The molecule has 15 heteroatoms. The van der Waals surface area contributed by atoms with E-state index in [0.29, 0.717) is 35.8 Å². The highest BCUT2D eigenvalue weighted by atomic mass is 16.5. The van der Waals surface area contributed by atoms with Crippen molar-refractivity contribution in [2.45, 2.75) is 52.0 Å². The molecular formula is C46H53N11O4. The maximum absolute atomic E-state index is 12.6. The molecule has 3 saturated heterocycles. The van der Waals surface area contributed by atoms with Crippen LogP contribution in [0.15, 0.2) is 89.6 Å². The summed E-state index contributed by atoms with van der Waals surface area (Å²) in [7, 11) is 0. The average molecular weight is 824 g/mol. The van der Waals surface area contributed by atoms with Gasteiger partial charge < -0.3 is 25.4 Å². The van der Waals surface area contributed by atoms with E-state index in [1.165, 1.54) is 11.4 Å².